The molecule has 2 aromatic carbocycles. The number of benzene rings is 2. The zero-order valence-electron chi connectivity index (χ0n) is 20.6. The van der Waals surface area contributed by atoms with E-state index in [4.69, 9.17) is 4.74 Å². The van der Waals surface area contributed by atoms with Crippen LogP contribution in [0.3, 0.4) is 0 Å². The van der Waals surface area contributed by atoms with Crippen molar-refractivity contribution in [2.75, 3.05) is 38.7 Å². The molecule has 194 valence electrons. The van der Waals surface area contributed by atoms with Crippen LogP contribution in [0.2, 0.25) is 0 Å². The van der Waals surface area contributed by atoms with Gasteiger partial charge in [0, 0.05) is 38.3 Å². The van der Waals surface area contributed by atoms with E-state index in [0.717, 1.165) is 11.6 Å². The van der Waals surface area contributed by atoms with Crippen molar-refractivity contribution in [3.63, 3.8) is 0 Å². The molecular weight excluding hydrogens is 486 g/mol. The second-order valence-corrected chi connectivity index (χ2v) is 10.2. The molecule has 1 amide bonds. The van der Waals surface area contributed by atoms with Crippen LogP contribution in [0.5, 0.6) is 5.75 Å². The summed E-state index contributed by atoms with van der Waals surface area (Å²) < 4.78 is 33.6. The van der Waals surface area contributed by atoms with Gasteiger partial charge in [0.05, 0.1) is 29.9 Å². The molecule has 1 heterocycles. The minimum atomic E-state index is -4.15. The van der Waals surface area contributed by atoms with Crippen molar-refractivity contribution < 1.29 is 22.9 Å². The van der Waals surface area contributed by atoms with Gasteiger partial charge in [-0.05, 0) is 62.6 Å². The fourth-order valence-electron chi connectivity index (χ4n) is 4.09. The molecule has 0 radical (unpaired) electrons. The molecule has 0 aromatic heterocycles. The summed E-state index contributed by atoms with van der Waals surface area (Å²) in [5.74, 6) is 0.140. The maximum atomic E-state index is 13.6. The molecule has 1 unspecified atom stereocenters. The fraction of sp³-hybridized carbons (Fsp3) is 0.417. The molecule has 1 fully saturated rings. The average molecular weight is 518 g/mol. The van der Waals surface area contributed by atoms with Crippen molar-refractivity contribution in [1.29, 1.82) is 0 Å². The van der Waals surface area contributed by atoms with Gasteiger partial charge in [0.1, 0.15) is 10.6 Å². The van der Waals surface area contributed by atoms with Crippen LogP contribution >= 0.6 is 0 Å². The number of anilines is 1. The third-order valence-corrected chi connectivity index (χ3v) is 8.02. The summed E-state index contributed by atoms with van der Waals surface area (Å²) in [4.78, 5) is 25.0. The number of carbonyl (C=O) groups excluding carboxylic acids is 1. The topological polar surface area (TPSA) is 134 Å². The summed E-state index contributed by atoms with van der Waals surface area (Å²) >= 11 is 0. The Labute approximate surface area is 210 Å². The van der Waals surface area contributed by atoms with Gasteiger partial charge in [-0.1, -0.05) is 0 Å². The first-order chi connectivity index (χ1) is 17.2. The Bertz CT molecular complexity index is 1210. The Kier molecular flexibility index (Phi) is 8.99. The number of nitro benzene ring substituents is 1. The zero-order chi connectivity index (χ0) is 26.3. The molecule has 12 heteroatoms. The van der Waals surface area contributed by atoms with Gasteiger partial charge in [-0.2, -0.15) is 9.41 Å². The van der Waals surface area contributed by atoms with E-state index in [-0.39, 0.29) is 35.3 Å². The zero-order valence-corrected chi connectivity index (χ0v) is 21.4. The lowest BCUT2D eigenvalue weighted by atomic mass is 9.98. The van der Waals surface area contributed by atoms with Crippen molar-refractivity contribution in [1.82, 2.24) is 9.21 Å². The Balaban J connectivity index is 1.88. The monoisotopic (exact) mass is 517 g/mol. The number of nitro groups is 1. The molecule has 1 N–H and O–H groups in total. The van der Waals surface area contributed by atoms with E-state index in [1.807, 2.05) is 13.8 Å². The molecule has 3 rings (SSSR count). The standard InChI is InChI=1S/C24H31N5O6S/c1-4-27(5-2)24(30)19-7-6-14-28(17-19)36(33,34)23-15-20(29(31)32)10-13-22(23)26-25-16-18-8-11-21(35-3)12-9-18/h8-13,15-16,19,26H,4-7,14,17H2,1-3H3/b25-16+. The van der Waals surface area contributed by atoms with Gasteiger partial charge < -0.3 is 9.64 Å². The lowest BCUT2D eigenvalue weighted by Gasteiger charge is -2.34. The van der Waals surface area contributed by atoms with Gasteiger partial charge in [-0.3, -0.25) is 20.3 Å². The number of rotatable bonds is 10. The number of hydrogen-bond donors (Lipinski definition) is 1. The van der Waals surface area contributed by atoms with E-state index in [2.05, 4.69) is 10.5 Å². The summed E-state index contributed by atoms with van der Waals surface area (Å²) in [6.07, 6.45) is 2.61. The predicted octanol–water partition coefficient (Wildman–Crippen LogP) is 3.32. The number of hydrogen-bond acceptors (Lipinski definition) is 8. The normalized spacial score (nSPS) is 16.6. The minimum Gasteiger partial charge on any atom is -0.497 e. The molecule has 1 aliphatic rings. The molecule has 1 aliphatic heterocycles. The average Bonchev–Trinajstić information content (AvgIpc) is 2.89. The molecule has 1 atom stereocenters. The lowest BCUT2D eigenvalue weighted by molar-refractivity contribution is -0.385. The first-order valence-electron chi connectivity index (χ1n) is 11.7. The van der Waals surface area contributed by atoms with Gasteiger partial charge in [0.15, 0.2) is 0 Å². The number of piperidine rings is 1. The van der Waals surface area contributed by atoms with Crippen LogP contribution in [-0.4, -0.2) is 68.0 Å². The van der Waals surface area contributed by atoms with E-state index in [1.165, 1.54) is 22.7 Å². The van der Waals surface area contributed by atoms with Crippen LogP contribution in [0.1, 0.15) is 32.3 Å². The minimum absolute atomic E-state index is 0.0227. The van der Waals surface area contributed by atoms with Gasteiger partial charge in [-0.25, -0.2) is 8.42 Å². The quantitative estimate of drug-likeness (QED) is 0.290. The summed E-state index contributed by atoms with van der Waals surface area (Å²) in [6, 6.07) is 10.6. The van der Waals surface area contributed by atoms with E-state index in [0.29, 0.717) is 31.7 Å². The maximum absolute atomic E-state index is 13.6. The molecule has 0 spiro atoms. The van der Waals surface area contributed by atoms with E-state index in [1.54, 1.807) is 36.3 Å². The lowest BCUT2D eigenvalue weighted by Crippen LogP contribution is -2.46. The SMILES string of the molecule is CCN(CC)C(=O)C1CCCN(S(=O)(=O)c2cc([N+](=O)[O-])ccc2N/N=C/c2ccc(OC)cc2)C1. The summed E-state index contributed by atoms with van der Waals surface area (Å²) in [7, 11) is -2.59. The van der Waals surface area contributed by atoms with Crippen LogP contribution in [0, 0.1) is 16.0 Å². The number of hydrazone groups is 1. The van der Waals surface area contributed by atoms with Gasteiger partial charge >= 0.3 is 0 Å². The molecule has 36 heavy (non-hydrogen) atoms. The summed E-state index contributed by atoms with van der Waals surface area (Å²) in [5, 5.41) is 15.5. The molecule has 0 aliphatic carbocycles. The van der Waals surface area contributed by atoms with E-state index in [9.17, 15) is 23.3 Å². The number of amides is 1. The number of nitrogens with zero attached hydrogens (tertiary/aromatic N) is 4. The van der Waals surface area contributed by atoms with Crippen molar-refractivity contribution >= 4 is 33.5 Å². The van der Waals surface area contributed by atoms with Crippen molar-refractivity contribution in [3.05, 3.63) is 58.1 Å². The first kappa shape index (κ1) is 27.1. The van der Waals surface area contributed by atoms with Crippen molar-refractivity contribution in [2.24, 2.45) is 11.0 Å². The number of sulfonamides is 1. The molecule has 0 saturated carbocycles. The number of nitrogens with one attached hydrogen (secondary N) is 1. The van der Waals surface area contributed by atoms with Crippen molar-refractivity contribution in [3.8, 4) is 5.75 Å². The van der Waals surface area contributed by atoms with Crippen LogP contribution in [-0.2, 0) is 14.8 Å². The second-order valence-electron chi connectivity index (χ2n) is 8.29. The molecule has 11 nitrogen and oxygen atoms in total. The van der Waals surface area contributed by atoms with Crippen molar-refractivity contribution in [2.45, 2.75) is 31.6 Å². The first-order valence-corrected chi connectivity index (χ1v) is 13.2. The Morgan fingerprint density at radius 1 is 1.25 bits per heavy atom. The maximum Gasteiger partial charge on any atom is 0.270 e. The number of ether oxygens (including phenoxy) is 1. The van der Waals surface area contributed by atoms with Crippen LogP contribution in [0.4, 0.5) is 11.4 Å². The Morgan fingerprint density at radius 2 is 1.94 bits per heavy atom. The number of non-ortho nitro benzene ring substituents is 1. The highest BCUT2D eigenvalue weighted by atomic mass is 32.2. The van der Waals surface area contributed by atoms with Gasteiger partial charge in [0.25, 0.3) is 5.69 Å². The fourth-order valence-corrected chi connectivity index (χ4v) is 5.78. The third-order valence-electron chi connectivity index (χ3n) is 6.12. The van der Waals surface area contributed by atoms with Gasteiger partial charge in [-0.15, -0.1) is 0 Å². The predicted molar refractivity (Wildman–Crippen MR) is 137 cm³/mol. The third kappa shape index (κ3) is 6.18. The van der Waals surface area contributed by atoms with Crippen LogP contribution < -0.4 is 10.2 Å². The van der Waals surface area contributed by atoms with Crippen LogP contribution in [0.15, 0.2) is 52.5 Å². The van der Waals surface area contributed by atoms with E-state index < -0.39 is 20.9 Å². The highest BCUT2D eigenvalue weighted by Gasteiger charge is 2.36. The molecule has 1 saturated heterocycles. The summed E-state index contributed by atoms with van der Waals surface area (Å²) in [5.41, 5.74) is 3.19. The van der Waals surface area contributed by atoms with E-state index >= 15 is 0 Å². The number of carbonyl (C=O) groups is 1. The van der Waals surface area contributed by atoms with Crippen LogP contribution in [0.25, 0.3) is 0 Å². The number of methoxy groups -OCH3 is 1. The Hall–Kier alpha value is -3.51. The smallest absolute Gasteiger partial charge is 0.270 e. The summed E-state index contributed by atoms with van der Waals surface area (Å²) in [6.45, 7) is 5.10. The molecular formula is C24H31N5O6S. The highest BCUT2D eigenvalue weighted by Crippen LogP contribution is 2.32. The molecule has 0 bridgehead atoms. The Morgan fingerprint density at radius 3 is 2.56 bits per heavy atom. The second kappa shape index (κ2) is 12.0. The largest absolute Gasteiger partial charge is 0.497 e. The molecule has 2 aromatic rings. The van der Waals surface area contributed by atoms with Gasteiger partial charge in [0.2, 0.25) is 15.9 Å². The highest BCUT2D eigenvalue weighted by molar-refractivity contribution is 7.89.